The molecule has 1 N–H and O–H groups in total. The third-order valence-electron chi connectivity index (χ3n) is 4.76. The highest BCUT2D eigenvalue weighted by Gasteiger charge is 2.24. The van der Waals surface area contributed by atoms with Gasteiger partial charge in [-0.3, -0.25) is 4.79 Å². The number of anilines is 1. The van der Waals surface area contributed by atoms with Gasteiger partial charge in [-0.1, -0.05) is 18.2 Å². The van der Waals surface area contributed by atoms with Crippen LogP contribution in [-0.2, 0) is 14.8 Å². The zero-order valence-corrected chi connectivity index (χ0v) is 16.9. The van der Waals surface area contributed by atoms with Crippen LogP contribution in [0.5, 0.6) is 5.75 Å². The number of carbonyl (C=O) groups excluding carboxylic acids is 1. The Morgan fingerprint density at radius 3 is 2.55 bits per heavy atom. The Bertz CT molecular complexity index is 1020. The van der Waals surface area contributed by atoms with Crippen LogP contribution in [0, 0.1) is 11.3 Å². The Balaban J connectivity index is 1.57. The quantitative estimate of drug-likeness (QED) is 0.762. The van der Waals surface area contributed by atoms with Crippen LogP contribution in [0.3, 0.4) is 0 Å². The number of ether oxygens (including phenoxy) is 1. The van der Waals surface area contributed by atoms with E-state index >= 15 is 0 Å². The van der Waals surface area contributed by atoms with E-state index < -0.39 is 10.0 Å². The largest absolute Gasteiger partial charge is 0.497 e. The molecule has 2 aromatic carbocycles. The van der Waals surface area contributed by atoms with Crippen LogP contribution in [0.1, 0.15) is 5.56 Å². The molecule has 1 amide bonds. The van der Waals surface area contributed by atoms with Gasteiger partial charge in [0.2, 0.25) is 15.9 Å². The molecule has 152 valence electrons. The van der Waals surface area contributed by atoms with Crippen LogP contribution >= 0.6 is 0 Å². The van der Waals surface area contributed by atoms with Gasteiger partial charge in [-0.2, -0.15) is 5.26 Å². The highest BCUT2D eigenvalue weighted by Crippen LogP contribution is 2.22. The molecule has 8 nitrogen and oxygen atoms in total. The second-order valence-electron chi connectivity index (χ2n) is 6.50. The third kappa shape index (κ3) is 4.85. The van der Waals surface area contributed by atoms with Gasteiger partial charge >= 0.3 is 0 Å². The number of methoxy groups -OCH3 is 1. The number of hydrogen-bond donors (Lipinski definition) is 1. The molecule has 9 heteroatoms. The number of nitriles is 1. The highest BCUT2D eigenvalue weighted by atomic mass is 32.2. The number of sulfonamides is 1. The molecule has 0 saturated carbocycles. The zero-order valence-electron chi connectivity index (χ0n) is 16.0. The van der Waals surface area contributed by atoms with Crippen molar-refractivity contribution in [2.75, 3.05) is 44.7 Å². The predicted molar refractivity (Wildman–Crippen MR) is 108 cm³/mol. The number of nitrogens with zero attached hydrogens (tertiary/aromatic N) is 3. The monoisotopic (exact) mass is 414 g/mol. The number of rotatable bonds is 6. The smallest absolute Gasteiger partial charge is 0.242 e. The third-order valence-corrected chi connectivity index (χ3v) is 6.22. The molecule has 2 aromatic rings. The molecule has 0 bridgehead atoms. The number of hydrogen-bond acceptors (Lipinski definition) is 6. The summed E-state index contributed by atoms with van der Waals surface area (Å²) >= 11 is 0. The van der Waals surface area contributed by atoms with Crippen molar-refractivity contribution in [3.8, 4) is 11.8 Å². The van der Waals surface area contributed by atoms with Crippen molar-refractivity contribution >= 4 is 21.6 Å². The van der Waals surface area contributed by atoms with Gasteiger partial charge in [0.15, 0.2) is 0 Å². The lowest BCUT2D eigenvalue weighted by Crippen LogP contribution is -2.51. The fraction of sp³-hybridized carbons (Fsp3) is 0.300. The van der Waals surface area contributed by atoms with Gasteiger partial charge in [-0.25, -0.2) is 13.1 Å². The first-order valence-electron chi connectivity index (χ1n) is 9.10. The number of nitrogens with one attached hydrogen (secondary N) is 1. The van der Waals surface area contributed by atoms with E-state index in [0.717, 1.165) is 11.4 Å². The maximum Gasteiger partial charge on any atom is 0.242 e. The van der Waals surface area contributed by atoms with Gasteiger partial charge in [0.05, 0.1) is 24.1 Å². The van der Waals surface area contributed by atoms with Crippen molar-refractivity contribution in [2.45, 2.75) is 4.90 Å². The molecule has 1 aliphatic rings. The lowest BCUT2D eigenvalue weighted by Gasteiger charge is -2.36. The molecule has 29 heavy (non-hydrogen) atoms. The van der Waals surface area contributed by atoms with Crippen LogP contribution in [0.2, 0.25) is 0 Å². The van der Waals surface area contributed by atoms with Crippen LogP contribution in [0.4, 0.5) is 5.69 Å². The molecule has 0 aliphatic carbocycles. The molecule has 1 heterocycles. The van der Waals surface area contributed by atoms with E-state index in [1.54, 1.807) is 18.1 Å². The number of piperazine rings is 1. The van der Waals surface area contributed by atoms with Crippen molar-refractivity contribution in [1.82, 2.24) is 9.62 Å². The summed E-state index contributed by atoms with van der Waals surface area (Å²) < 4.78 is 32.4. The standard InChI is InChI=1S/C20H22N4O4S/c1-28-18-7-4-6-17(13-18)23-9-11-24(12-10-23)20(25)15-22-29(26,27)19-8-3-2-5-16(19)14-21/h2-8,13,22H,9-12,15H2,1H3. The average Bonchev–Trinajstić information content (AvgIpc) is 2.77. The molecule has 0 aromatic heterocycles. The van der Waals surface area contributed by atoms with Crippen molar-refractivity contribution in [3.63, 3.8) is 0 Å². The van der Waals surface area contributed by atoms with E-state index in [1.807, 2.05) is 30.3 Å². The second kappa shape index (κ2) is 8.94. The Morgan fingerprint density at radius 2 is 1.86 bits per heavy atom. The van der Waals surface area contributed by atoms with Crippen molar-refractivity contribution in [2.24, 2.45) is 0 Å². The first kappa shape index (κ1) is 20.6. The summed E-state index contributed by atoms with van der Waals surface area (Å²) in [6.07, 6.45) is 0. The molecule has 0 spiro atoms. The molecule has 3 rings (SSSR count). The number of benzene rings is 2. The normalized spacial score (nSPS) is 14.3. The van der Waals surface area contributed by atoms with E-state index in [9.17, 15) is 13.2 Å². The lowest BCUT2D eigenvalue weighted by molar-refractivity contribution is -0.130. The molecule has 1 aliphatic heterocycles. The zero-order chi connectivity index (χ0) is 20.9. The predicted octanol–water partition coefficient (Wildman–Crippen LogP) is 1.19. The number of amides is 1. The van der Waals surface area contributed by atoms with Gasteiger partial charge < -0.3 is 14.5 Å². The van der Waals surface area contributed by atoms with Gasteiger partial charge in [0.25, 0.3) is 0 Å². The summed E-state index contributed by atoms with van der Waals surface area (Å²) in [6.45, 7) is 1.92. The molecular formula is C20H22N4O4S. The van der Waals surface area contributed by atoms with Crippen molar-refractivity contribution < 1.29 is 17.9 Å². The molecule has 1 fully saturated rings. The van der Waals surface area contributed by atoms with E-state index in [1.165, 1.54) is 18.2 Å². The number of carbonyl (C=O) groups is 1. The first-order chi connectivity index (χ1) is 13.9. The second-order valence-corrected chi connectivity index (χ2v) is 8.24. The van der Waals surface area contributed by atoms with E-state index in [-0.39, 0.29) is 22.9 Å². The Labute approximate surface area is 170 Å². The summed E-state index contributed by atoms with van der Waals surface area (Å²) in [5.74, 6) is 0.473. The lowest BCUT2D eigenvalue weighted by atomic mass is 10.2. The summed E-state index contributed by atoms with van der Waals surface area (Å²) in [5, 5.41) is 9.08. The van der Waals surface area contributed by atoms with Crippen LogP contribution in [0.15, 0.2) is 53.4 Å². The summed E-state index contributed by atoms with van der Waals surface area (Å²) in [6, 6.07) is 15.5. The van der Waals surface area contributed by atoms with E-state index in [2.05, 4.69) is 9.62 Å². The van der Waals surface area contributed by atoms with Crippen molar-refractivity contribution in [3.05, 3.63) is 54.1 Å². The SMILES string of the molecule is COc1cccc(N2CCN(C(=O)CNS(=O)(=O)c3ccccc3C#N)CC2)c1. The fourth-order valence-corrected chi connectivity index (χ4v) is 4.29. The van der Waals surface area contributed by atoms with Gasteiger partial charge in [0, 0.05) is 37.9 Å². The highest BCUT2D eigenvalue weighted by molar-refractivity contribution is 7.89. The Hall–Kier alpha value is -3.09. The maximum atomic E-state index is 12.5. The van der Waals surface area contributed by atoms with Gasteiger partial charge in [-0.05, 0) is 24.3 Å². The molecule has 0 atom stereocenters. The molecule has 0 unspecified atom stereocenters. The summed E-state index contributed by atoms with van der Waals surface area (Å²) in [4.78, 5) is 16.1. The van der Waals surface area contributed by atoms with Crippen LogP contribution in [0.25, 0.3) is 0 Å². The fourth-order valence-electron chi connectivity index (χ4n) is 3.16. The summed E-state index contributed by atoms with van der Waals surface area (Å²) in [7, 11) is -2.33. The van der Waals surface area contributed by atoms with E-state index in [4.69, 9.17) is 10.00 Å². The van der Waals surface area contributed by atoms with Gasteiger partial charge in [0.1, 0.15) is 11.8 Å². The molecule has 1 saturated heterocycles. The summed E-state index contributed by atoms with van der Waals surface area (Å²) in [5.41, 5.74) is 1.06. The molecular weight excluding hydrogens is 392 g/mol. The van der Waals surface area contributed by atoms with Crippen LogP contribution in [-0.4, -0.2) is 59.1 Å². The van der Waals surface area contributed by atoms with Crippen molar-refractivity contribution in [1.29, 1.82) is 5.26 Å². The van der Waals surface area contributed by atoms with E-state index in [0.29, 0.717) is 26.2 Å². The minimum absolute atomic E-state index is 0.0411. The maximum absolute atomic E-state index is 12.5. The topological polar surface area (TPSA) is 103 Å². The first-order valence-corrected chi connectivity index (χ1v) is 10.6. The van der Waals surface area contributed by atoms with Crippen LogP contribution < -0.4 is 14.4 Å². The average molecular weight is 414 g/mol. The molecule has 0 radical (unpaired) electrons. The minimum atomic E-state index is -3.94. The minimum Gasteiger partial charge on any atom is -0.497 e. The van der Waals surface area contributed by atoms with Gasteiger partial charge in [-0.15, -0.1) is 0 Å². The Kier molecular flexibility index (Phi) is 6.36. The Morgan fingerprint density at radius 1 is 1.14 bits per heavy atom.